The van der Waals surface area contributed by atoms with E-state index in [9.17, 15) is 17.6 Å². The van der Waals surface area contributed by atoms with E-state index in [4.69, 9.17) is 0 Å². The Morgan fingerprint density at radius 2 is 1.95 bits per heavy atom. The minimum absolute atomic E-state index is 0.0979. The quantitative estimate of drug-likeness (QED) is 0.829. The SMILES string of the molecule is CNC(C)c1cc(F)c(C)cc1N(CC(F)(F)F)C1CC1. The molecule has 2 rings (SSSR count). The summed E-state index contributed by atoms with van der Waals surface area (Å²) in [6.07, 6.45) is -2.77. The summed E-state index contributed by atoms with van der Waals surface area (Å²) in [6, 6.07) is 2.56. The van der Waals surface area contributed by atoms with Gasteiger partial charge in [0.1, 0.15) is 12.4 Å². The lowest BCUT2D eigenvalue weighted by Gasteiger charge is -2.30. The predicted molar refractivity (Wildman–Crippen MR) is 75.0 cm³/mol. The number of rotatable bonds is 5. The van der Waals surface area contributed by atoms with Gasteiger partial charge in [-0.15, -0.1) is 0 Å². The first-order valence-electron chi connectivity index (χ1n) is 7.03. The van der Waals surface area contributed by atoms with Crippen molar-refractivity contribution in [1.29, 1.82) is 0 Å². The molecule has 0 bridgehead atoms. The van der Waals surface area contributed by atoms with Crippen LogP contribution in [0.3, 0.4) is 0 Å². The number of hydrogen-bond donors (Lipinski definition) is 1. The lowest BCUT2D eigenvalue weighted by atomic mass is 10.0. The first kappa shape index (κ1) is 16.1. The van der Waals surface area contributed by atoms with Gasteiger partial charge in [-0.3, -0.25) is 0 Å². The van der Waals surface area contributed by atoms with E-state index in [2.05, 4.69) is 5.32 Å². The summed E-state index contributed by atoms with van der Waals surface area (Å²) in [6.45, 7) is 2.39. The van der Waals surface area contributed by atoms with Crippen LogP contribution >= 0.6 is 0 Å². The van der Waals surface area contributed by atoms with Crippen LogP contribution in [0.15, 0.2) is 12.1 Å². The lowest BCUT2D eigenvalue weighted by molar-refractivity contribution is -0.120. The van der Waals surface area contributed by atoms with Crippen molar-refractivity contribution >= 4 is 5.69 Å². The van der Waals surface area contributed by atoms with Crippen molar-refractivity contribution < 1.29 is 17.6 Å². The number of alkyl halides is 3. The zero-order valence-electron chi connectivity index (χ0n) is 12.4. The summed E-state index contributed by atoms with van der Waals surface area (Å²) < 4.78 is 52.3. The molecule has 0 heterocycles. The number of aryl methyl sites for hydroxylation is 1. The summed E-state index contributed by atoms with van der Waals surface area (Å²) >= 11 is 0. The van der Waals surface area contributed by atoms with Gasteiger partial charge in [0, 0.05) is 17.8 Å². The van der Waals surface area contributed by atoms with Crippen LogP contribution in [0, 0.1) is 12.7 Å². The maximum atomic E-state index is 13.8. The summed E-state index contributed by atoms with van der Waals surface area (Å²) in [5.41, 5.74) is 1.41. The molecule has 1 aromatic carbocycles. The van der Waals surface area contributed by atoms with Crippen LogP contribution in [-0.2, 0) is 0 Å². The molecule has 118 valence electrons. The number of anilines is 1. The van der Waals surface area contributed by atoms with Gasteiger partial charge in [-0.05, 0) is 57.0 Å². The largest absolute Gasteiger partial charge is 0.405 e. The van der Waals surface area contributed by atoms with Crippen LogP contribution in [0.25, 0.3) is 0 Å². The molecule has 6 heteroatoms. The van der Waals surface area contributed by atoms with Gasteiger partial charge in [-0.1, -0.05) is 0 Å². The van der Waals surface area contributed by atoms with Crippen LogP contribution in [0.2, 0.25) is 0 Å². The topological polar surface area (TPSA) is 15.3 Å². The van der Waals surface area contributed by atoms with E-state index in [1.165, 1.54) is 17.0 Å². The molecule has 2 nitrogen and oxygen atoms in total. The fourth-order valence-electron chi connectivity index (χ4n) is 2.42. The zero-order valence-corrected chi connectivity index (χ0v) is 12.4. The third-order valence-electron chi connectivity index (χ3n) is 3.85. The van der Waals surface area contributed by atoms with Crippen molar-refractivity contribution in [2.24, 2.45) is 0 Å². The fraction of sp³-hybridized carbons (Fsp3) is 0.600. The Labute approximate surface area is 122 Å². The third-order valence-corrected chi connectivity index (χ3v) is 3.85. The van der Waals surface area contributed by atoms with E-state index in [-0.39, 0.29) is 12.1 Å². The highest BCUT2D eigenvalue weighted by atomic mass is 19.4. The molecule has 1 aromatic rings. The Hall–Kier alpha value is -1.30. The molecule has 0 spiro atoms. The van der Waals surface area contributed by atoms with E-state index in [0.29, 0.717) is 16.8 Å². The van der Waals surface area contributed by atoms with Gasteiger partial charge in [-0.2, -0.15) is 13.2 Å². The predicted octanol–water partition coefficient (Wildman–Crippen LogP) is 3.95. The number of nitrogens with one attached hydrogen (secondary N) is 1. The normalized spacial score (nSPS) is 16.9. The Kier molecular flexibility index (Phi) is 4.46. The molecule has 1 N–H and O–H groups in total. The Morgan fingerprint density at radius 1 is 1.33 bits per heavy atom. The summed E-state index contributed by atoms with van der Waals surface area (Å²) in [7, 11) is 1.71. The lowest BCUT2D eigenvalue weighted by Crippen LogP contribution is -2.37. The van der Waals surface area contributed by atoms with Crippen LogP contribution < -0.4 is 10.2 Å². The van der Waals surface area contributed by atoms with E-state index >= 15 is 0 Å². The average molecular weight is 304 g/mol. The van der Waals surface area contributed by atoms with Crippen molar-refractivity contribution in [1.82, 2.24) is 5.32 Å². The second-order valence-electron chi connectivity index (χ2n) is 5.64. The maximum Gasteiger partial charge on any atom is 0.405 e. The van der Waals surface area contributed by atoms with Gasteiger partial charge in [-0.25, -0.2) is 4.39 Å². The van der Waals surface area contributed by atoms with E-state index in [0.717, 1.165) is 12.8 Å². The van der Waals surface area contributed by atoms with Crippen LogP contribution in [0.4, 0.5) is 23.2 Å². The van der Waals surface area contributed by atoms with Crippen LogP contribution in [0.5, 0.6) is 0 Å². The summed E-state index contributed by atoms with van der Waals surface area (Å²) in [5.74, 6) is -0.390. The maximum absolute atomic E-state index is 13.8. The second kappa shape index (κ2) is 5.83. The van der Waals surface area contributed by atoms with Gasteiger partial charge < -0.3 is 10.2 Å². The zero-order chi connectivity index (χ0) is 15.8. The van der Waals surface area contributed by atoms with E-state index < -0.39 is 18.5 Å². The molecule has 1 saturated carbocycles. The molecular formula is C15H20F4N2. The average Bonchev–Trinajstić information content (AvgIpc) is 3.21. The Balaban J connectivity index is 2.45. The first-order chi connectivity index (χ1) is 9.73. The van der Waals surface area contributed by atoms with Gasteiger partial charge in [0.15, 0.2) is 0 Å². The second-order valence-corrected chi connectivity index (χ2v) is 5.64. The van der Waals surface area contributed by atoms with Gasteiger partial charge in [0.05, 0.1) is 0 Å². The van der Waals surface area contributed by atoms with Crippen molar-refractivity contribution in [3.05, 3.63) is 29.1 Å². The molecule has 1 fully saturated rings. The Morgan fingerprint density at radius 3 is 2.43 bits per heavy atom. The highest BCUT2D eigenvalue weighted by Gasteiger charge is 2.39. The monoisotopic (exact) mass is 304 g/mol. The van der Waals surface area contributed by atoms with Crippen molar-refractivity contribution in [3.63, 3.8) is 0 Å². The van der Waals surface area contributed by atoms with Gasteiger partial charge in [0.2, 0.25) is 0 Å². The molecule has 1 aliphatic rings. The molecule has 0 amide bonds. The molecule has 0 aliphatic heterocycles. The number of nitrogens with zero attached hydrogens (tertiary/aromatic N) is 1. The molecule has 1 aliphatic carbocycles. The molecular weight excluding hydrogens is 284 g/mol. The standard InChI is InChI=1S/C15H20F4N2/c1-9-6-14(12(7-13(9)16)10(2)20-3)21(11-4-5-11)8-15(17,18)19/h6-7,10-11,20H,4-5,8H2,1-3H3. The summed E-state index contributed by atoms with van der Waals surface area (Å²) in [5, 5.41) is 2.97. The van der Waals surface area contributed by atoms with E-state index in [1.807, 2.05) is 6.92 Å². The number of benzene rings is 1. The minimum Gasteiger partial charge on any atom is -0.359 e. The third kappa shape index (κ3) is 3.87. The summed E-state index contributed by atoms with van der Waals surface area (Å²) in [4.78, 5) is 1.37. The van der Waals surface area contributed by atoms with E-state index in [1.54, 1.807) is 14.0 Å². The molecule has 0 saturated heterocycles. The smallest absolute Gasteiger partial charge is 0.359 e. The van der Waals surface area contributed by atoms with Gasteiger partial charge in [0.25, 0.3) is 0 Å². The van der Waals surface area contributed by atoms with Gasteiger partial charge >= 0.3 is 6.18 Å². The van der Waals surface area contributed by atoms with Crippen molar-refractivity contribution in [2.75, 3.05) is 18.5 Å². The molecule has 1 atom stereocenters. The Bertz CT molecular complexity index is 509. The van der Waals surface area contributed by atoms with Crippen molar-refractivity contribution in [2.45, 2.75) is 44.9 Å². The van der Waals surface area contributed by atoms with Crippen LogP contribution in [-0.4, -0.2) is 25.8 Å². The molecule has 1 unspecified atom stereocenters. The first-order valence-corrected chi connectivity index (χ1v) is 7.03. The fourth-order valence-corrected chi connectivity index (χ4v) is 2.42. The molecule has 21 heavy (non-hydrogen) atoms. The highest BCUT2D eigenvalue weighted by molar-refractivity contribution is 5.58. The van der Waals surface area contributed by atoms with Crippen molar-refractivity contribution in [3.8, 4) is 0 Å². The molecule has 0 radical (unpaired) electrons. The minimum atomic E-state index is -4.27. The molecule has 0 aromatic heterocycles. The van der Waals surface area contributed by atoms with Crippen LogP contribution in [0.1, 0.15) is 36.9 Å². The number of hydrogen-bond acceptors (Lipinski definition) is 2. The number of halogens is 4. The highest BCUT2D eigenvalue weighted by Crippen LogP contribution is 2.38.